The molecule has 0 radical (unpaired) electrons. The summed E-state index contributed by atoms with van der Waals surface area (Å²) < 4.78 is 22.1. The van der Waals surface area contributed by atoms with E-state index in [9.17, 15) is 9.59 Å². The van der Waals surface area contributed by atoms with E-state index in [0.29, 0.717) is 54.3 Å². The highest BCUT2D eigenvalue weighted by Crippen LogP contribution is 2.29. The maximum atomic E-state index is 15.1. The Balaban J connectivity index is 0.00000353. The Morgan fingerprint density at radius 1 is 1.23 bits per heavy atom. The van der Waals surface area contributed by atoms with E-state index in [1.807, 2.05) is 14.1 Å². The molecular formula is C25H28ClFN8O4. The summed E-state index contributed by atoms with van der Waals surface area (Å²) in [4.78, 5) is 37.2. The maximum Gasteiger partial charge on any atom is 0.414 e. The Hall–Kier alpha value is -4.10. The zero-order valence-corrected chi connectivity index (χ0v) is 22.2. The zero-order valence-electron chi connectivity index (χ0n) is 21.4. The van der Waals surface area contributed by atoms with E-state index in [2.05, 4.69) is 25.8 Å². The molecule has 1 fully saturated rings. The van der Waals surface area contributed by atoms with Crippen molar-refractivity contribution in [3.8, 4) is 11.1 Å². The molecular weight excluding hydrogens is 531 g/mol. The Bertz CT molecular complexity index is 1340. The number of hydrogen-bond acceptors (Lipinski definition) is 9. The predicted molar refractivity (Wildman–Crippen MR) is 142 cm³/mol. The monoisotopic (exact) mass is 558 g/mol. The number of oxime groups is 1. The fourth-order valence-electron chi connectivity index (χ4n) is 4.26. The Morgan fingerprint density at radius 2 is 2.08 bits per heavy atom. The number of amides is 2. The van der Waals surface area contributed by atoms with Gasteiger partial charge in [-0.1, -0.05) is 16.4 Å². The van der Waals surface area contributed by atoms with E-state index in [-0.39, 0.29) is 31.0 Å². The second-order valence-corrected chi connectivity index (χ2v) is 9.35. The molecule has 4 heterocycles. The first kappa shape index (κ1) is 27.9. The molecule has 0 unspecified atom stereocenters. The van der Waals surface area contributed by atoms with Crippen LogP contribution < -0.4 is 10.2 Å². The smallest absolute Gasteiger partial charge is 0.414 e. The van der Waals surface area contributed by atoms with Crippen LogP contribution in [-0.2, 0) is 20.9 Å². The number of nitrogens with zero attached hydrogens (tertiary/aromatic N) is 7. The van der Waals surface area contributed by atoms with Gasteiger partial charge in [0.05, 0.1) is 43.8 Å². The first-order chi connectivity index (χ1) is 18.4. The number of ether oxygens (including phenoxy) is 1. The lowest BCUT2D eigenvalue weighted by Crippen LogP contribution is -2.37. The van der Waals surface area contributed by atoms with Crippen molar-refractivity contribution < 1.29 is 23.6 Å². The number of likely N-dealkylation sites (N-methyl/N-ethyl adjacent to an activating group) is 1. The van der Waals surface area contributed by atoms with Crippen molar-refractivity contribution in [2.24, 2.45) is 5.16 Å². The van der Waals surface area contributed by atoms with Gasteiger partial charge in [0.15, 0.2) is 6.10 Å². The quantitative estimate of drug-likeness (QED) is 0.423. The number of benzene rings is 1. The van der Waals surface area contributed by atoms with Crippen LogP contribution in [0.15, 0.2) is 54.1 Å². The predicted octanol–water partition coefficient (Wildman–Crippen LogP) is 2.10. The second kappa shape index (κ2) is 12.2. The molecule has 2 atom stereocenters. The van der Waals surface area contributed by atoms with Crippen LogP contribution in [0.25, 0.3) is 11.1 Å². The molecule has 5 rings (SSSR count). The van der Waals surface area contributed by atoms with Crippen LogP contribution in [0.4, 0.5) is 14.9 Å². The highest BCUT2D eigenvalue weighted by Gasteiger charge is 2.33. The van der Waals surface area contributed by atoms with E-state index < -0.39 is 18.0 Å². The summed E-state index contributed by atoms with van der Waals surface area (Å²) in [6, 6.07) is 8.11. The first-order valence-electron chi connectivity index (χ1n) is 12.1. The van der Waals surface area contributed by atoms with Gasteiger partial charge in [0.25, 0.3) is 0 Å². The van der Waals surface area contributed by atoms with Crippen LogP contribution in [0.3, 0.4) is 0 Å². The van der Waals surface area contributed by atoms with E-state index in [0.717, 1.165) is 0 Å². The van der Waals surface area contributed by atoms with E-state index in [4.69, 9.17) is 9.57 Å². The van der Waals surface area contributed by atoms with Crippen molar-refractivity contribution in [2.75, 3.05) is 38.6 Å². The molecule has 0 saturated carbocycles. The van der Waals surface area contributed by atoms with Crippen LogP contribution in [0, 0.1) is 5.82 Å². The lowest BCUT2D eigenvalue weighted by atomic mass is 10.0. The maximum absolute atomic E-state index is 15.1. The molecule has 1 saturated heterocycles. The number of cyclic esters (lactones) is 1. The number of halogens is 2. The molecule has 2 aromatic heterocycles. The third-order valence-corrected chi connectivity index (χ3v) is 6.09. The zero-order chi connectivity index (χ0) is 26.6. The van der Waals surface area contributed by atoms with Gasteiger partial charge in [-0.25, -0.2) is 13.9 Å². The summed E-state index contributed by atoms with van der Waals surface area (Å²) in [7, 11) is 3.65. The number of aromatic nitrogens is 4. The number of carbonyl (C=O) groups excluding carboxylic acids is 2. The number of anilines is 1. The van der Waals surface area contributed by atoms with Gasteiger partial charge in [0.1, 0.15) is 17.6 Å². The average molecular weight is 559 g/mol. The van der Waals surface area contributed by atoms with Gasteiger partial charge in [-0.05, 0) is 38.4 Å². The summed E-state index contributed by atoms with van der Waals surface area (Å²) in [6.07, 6.45) is 4.08. The van der Waals surface area contributed by atoms with Gasteiger partial charge in [0.2, 0.25) is 5.91 Å². The van der Waals surface area contributed by atoms with Crippen molar-refractivity contribution in [3.63, 3.8) is 0 Å². The van der Waals surface area contributed by atoms with Gasteiger partial charge >= 0.3 is 6.09 Å². The summed E-state index contributed by atoms with van der Waals surface area (Å²) in [5, 5.41) is 14.5. The van der Waals surface area contributed by atoms with Crippen molar-refractivity contribution in [1.82, 2.24) is 30.2 Å². The molecule has 39 heavy (non-hydrogen) atoms. The molecule has 2 aliphatic heterocycles. The van der Waals surface area contributed by atoms with Gasteiger partial charge in [0, 0.05) is 29.9 Å². The van der Waals surface area contributed by atoms with Gasteiger partial charge in [-0.3, -0.25) is 14.7 Å². The number of nitrogens with one attached hydrogen (secondary N) is 1. The Kier molecular flexibility index (Phi) is 8.72. The molecule has 3 aromatic rings. The first-order valence-corrected chi connectivity index (χ1v) is 12.1. The lowest BCUT2D eigenvalue weighted by Gasteiger charge is -2.14. The van der Waals surface area contributed by atoms with Crippen LogP contribution in [0.1, 0.15) is 12.1 Å². The number of carbonyl (C=O) groups is 2. The topological polar surface area (TPSA) is 127 Å². The van der Waals surface area contributed by atoms with Crippen LogP contribution >= 0.6 is 12.4 Å². The highest BCUT2D eigenvalue weighted by atomic mass is 35.5. The molecule has 2 aliphatic rings. The molecule has 0 bridgehead atoms. The summed E-state index contributed by atoms with van der Waals surface area (Å²) in [5.41, 5.74) is 2.62. The Labute approximate surface area is 230 Å². The Morgan fingerprint density at radius 3 is 2.77 bits per heavy atom. The minimum absolute atomic E-state index is 0. The summed E-state index contributed by atoms with van der Waals surface area (Å²) in [6.45, 7) is 1.29. The average Bonchev–Trinajstić information content (AvgIpc) is 3.65. The fraction of sp³-hybridized carbons (Fsp3) is 0.360. The van der Waals surface area contributed by atoms with Crippen molar-refractivity contribution in [1.29, 1.82) is 0 Å². The standard InChI is InChI=1S/C25H27FN8O4.ClH/c1-32(2)15-24(35)28-12-18-10-23(30-38-18)22-6-3-16(11-27-22)20-5-4-17(9-21(20)26)34-14-19(37-25(34)36)13-33-8-7-29-31-33;/h3-9,11,18-19H,10,12-15H2,1-2H3,(H,28,35);1H/t18-,19-;/m0./s1. The third kappa shape index (κ3) is 6.67. The molecule has 2 amide bonds. The summed E-state index contributed by atoms with van der Waals surface area (Å²) >= 11 is 0. The molecule has 12 nitrogen and oxygen atoms in total. The molecule has 1 N–H and O–H groups in total. The van der Waals surface area contributed by atoms with Gasteiger partial charge < -0.3 is 19.8 Å². The van der Waals surface area contributed by atoms with E-state index in [1.165, 1.54) is 11.0 Å². The molecule has 0 aliphatic carbocycles. The summed E-state index contributed by atoms with van der Waals surface area (Å²) in [5.74, 6) is -0.574. The minimum atomic E-state index is -0.539. The number of rotatable bonds is 9. The van der Waals surface area contributed by atoms with Gasteiger partial charge in [-0.2, -0.15) is 0 Å². The molecule has 14 heteroatoms. The highest BCUT2D eigenvalue weighted by molar-refractivity contribution is 6.00. The van der Waals surface area contributed by atoms with Crippen LogP contribution in [0.2, 0.25) is 0 Å². The van der Waals surface area contributed by atoms with Crippen molar-refractivity contribution in [3.05, 3.63) is 60.4 Å². The lowest BCUT2D eigenvalue weighted by molar-refractivity contribution is -0.122. The van der Waals surface area contributed by atoms with Crippen LogP contribution in [-0.4, -0.2) is 88.5 Å². The van der Waals surface area contributed by atoms with E-state index in [1.54, 1.807) is 52.4 Å². The largest absolute Gasteiger partial charge is 0.442 e. The van der Waals surface area contributed by atoms with Crippen molar-refractivity contribution >= 4 is 35.8 Å². The van der Waals surface area contributed by atoms with Gasteiger partial charge in [-0.15, -0.1) is 17.5 Å². The number of hydrogen-bond donors (Lipinski definition) is 1. The third-order valence-electron chi connectivity index (χ3n) is 6.09. The fourth-order valence-corrected chi connectivity index (χ4v) is 4.26. The normalized spacial score (nSPS) is 18.4. The molecule has 0 spiro atoms. The second-order valence-electron chi connectivity index (χ2n) is 9.35. The van der Waals surface area contributed by atoms with Crippen LogP contribution in [0.5, 0.6) is 0 Å². The van der Waals surface area contributed by atoms with E-state index >= 15 is 4.39 Å². The SMILES string of the molecule is CN(C)CC(=O)NC[C@@H]1CC(c2ccc(-c3ccc(N4C[C@H](Cn5ccnn5)OC4=O)cc3F)cn2)=NO1.Cl. The van der Waals surface area contributed by atoms with Crippen molar-refractivity contribution in [2.45, 2.75) is 25.2 Å². The molecule has 206 valence electrons. The number of pyridine rings is 1. The molecule has 1 aromatic carbocycles. The minimum Gasteiger partial charge on any atom is -0.442 e.